The first kappa shape index (κ1) is 20.3. The van der Waals surface area contributed by atoms with Crippen LogP contribution in [0.2, 0.25) is 0 Å². The van der Waals surface area contributed by atoms with Gasteiger partial charge < -0.3 is 19.0 Å². The first-order valence-corrected chi connectivity index (χ1v) is 10.4. The lowest BCUT2D eigenvalue weighted by Crippen LogP contribution is -2.42. The monoisotopic (exact) mass is 408 g/mol. The maximum absolute atomic E-state index is 12.9. The number of piperidine rings is 1. The van der Waals surface area contributed by atoms with Gasteiger partial charge in [-0.3, -0.25) is 0 Å². The Morgan fingerprint density at radius 3 is 2.70 bits per heavy atom. The molecule has 1 saturated heterocycles. The van der Waals surface area contributed by atoms with Crippen molar-refractivity contribution in [2.24, 2.45) is 0 Å². The van der Waals surface area contributed by atoms with Gasteiger partial charge in [-0.2, -0.15) is 0 Å². The number of aryl methyl sites for hydroxylation is 1. The fourth-order valence-corrected chi connectivity index (χ4v) is 4.17. The van der Waals surface area contributed by atoms with Crippen molar-refractivity contribution in [2.45, 2.75) is 32.2 Å². The van der Waals surface area contributed by atoms with E-state index in [9.17, 15) is 4.79 Å². The van der Waals surface area contributed by atoms with Gasteiger partial charge in [0.25, 0.3) is 0 Å². The number of nitrogens with zero attached hydrogens (tertiary/aromatic N) is 4. The lowest BCUT2D eigenvalue weighted by atomic mass is 10.0. The second kappa shape index (κ2) is 8.44. The zero-order chi connectivity index (χ0) is 21.3. The number of hydrogen-bond donors (Lipinski definition) is 0. The van der Waals surface area contributed by atoms with E-state index in [4.69, 9.17) is 14.1 Å². The molecule has 3 heterocycles. The van der Waals surface area contributed by atoms with Crippen molar-refractivity contribution < 1.29 is 9.15 Å². The van der Waals surface area contributed by atoms with E-state index in [1.54, 1.807) is 19.4 Å². The third kappa shape index (κ3) is 3.77. The molecule has 2 aromatic heterocycles. The van der Waals surface area contributed by atoms with Crippen LogP contribution in [0.3, 0.4) is 0 Å². The van der Waals surface area contributed by atoms with E-state index >= 15 is 0 Å². The molecule has 1 aliphatic rings. The molecule has 0 bridgehead atoms. The Hall–Kier alpha value is -2.93. The number of benzene rings is 1. The average molecular weight is 409 g/mol. The molecule has 0 amide bonds. The predicted molar refractivity (Wildman–Crippen MR) is 118 cm³/mol. The summed E-state index contributed by atoms with van der Waals surface area (Å²) in [4.78, 5) is 26.7. The summed E-state index contributed by atoms with van der Waals surface area (Å²) in [7, 11) is 5.86. The van der Waals surface area contributed by atoms with E-state index < -0.39 is 0 Å². The topological polar surface area (TPSA) is 71.7 Å². The molecule has 30 heavy (non-hydrogen) atoms. The van der Waals surface area contributed by atoms with Gasteiger partial charge in [-0.1, -0.05) is 6.92 Å². The van der Waals surface area contributed by atoms with Crippen LogP contribution >= 0.6 is 0 Å². The van der Waals surface area contributed by atoms with Gasteiger partial charge in [0.05, 0.1) is 23.6 Å². The summed E-state index contributed by atoms with van der Waals surface area (Å²) in [6.07, 6.45) is 4.59. The van der Waals surface area contributed by atoms with Gasteiger partial charge in [0, 0.05) is 31.4 Å². The molecule has 7 heteroatoms. The molecule has 0 saturated carbocycles. The van der Waals surface area contributed by atoms with Crippen molar-refractivity contribution in [1.29, 1.82) is 0 Å². The van der Waals surface area contributed by atoms with Gasteiger partial charge in [-0.15, -0.1) is 0 Å². The standard InChI is InChI=1S/C23H28N4O3/c1-5-15-13-17(29-4)14-19-20(15)23(28)30-22(25-19)18-7-6-10-24-21(18)27-11-8-16(9-12-27)26(2)3/h6-7,10,13-14,16H,5,8-9,11-12H2,1-4H3. The van der Waals surface area contributed by atoms with Gasteiger partial charge in [0.15, 0.2) is 0 Å². The summed E-state index contributed by atoms with van der Waals surface area (Å²) in [6.45, 7) is 3.80. The molecule has 1 aliphatic heterocycles. The van der Waals surface area contributed by atoms with Crippen LogP contribution in [-0.2, 0) is 6.42 Å². The molecule has 1 fully saturated rings. The lowest BCUT2D eigenvalue weighted by molar-refractivity contribution is 0.249. The molecule has 7 nitrogen and oxygen atoms in total. The number of rotatable bonds is 5. The minimum atomic E-state index is -0.379. The Balaban J connectivity index is 1.77. The molecule has 4 rings (SSSR count). The van der Waals surface area contributed by atoms with E-state index in [0.717, 1.165) is 42.9 Å². The molecule has 0 N–H and O–H groups in total. The van der Waals surface area contributed by atoms with Crippen molar-refractivity contribution >= 4 is 16.7 Å². The fourth-order valence-electron chi connectivity index (χ4n) is 4.17. The fraction of sp³-hybridized carbons (Fsp3) is 0.435. The van der Waals surface area contributed by atoms with Gasteiger partial charge in [-0.25, -0.2) is 14.8 Å². The number of hydrogen-bond acceptors (Lipinski definition) is 7. The Morgan fingerprint density at radius 1 is 1.27 bits per heavy atom. The predicted octanol–water partition coefficient (Wildman–Crippen LogP) is 3.35. The van der Waals surface area contributed by atoms with Crippen LogP contribution in [-0.4, -0.2) is 55.2 Å². The molecule has 3 aromatic rings. The van der Waals surface area contributed by atoms with Crippen LogP contribution < -0.4 is 15.3 Å². The Kier molecular flexibility index (Phi) is 5.72. The highest BCUT2D eigenvalue weighted by molar-refractivity contribution is 5.84. The number of aromatic nitrogens is 2. The van der Waals surface area contributed by atoms with Crippen LogP contribution in [0.1, 0.15) is 25.3 Å². The smallest absolute Gasteiger partial charge is 0.347 e. The quantitative estimate of drug-likeness (QED) is 0.641. The average Bonchev–Trinajstić information content (AvgIpc) is 2.78. The summed E-state index contributed by atoms with van der Waals surface area (Å²) in [5.41, 5.74) is 1.81. The molecule has 0 unspecified atom stereocenters. The second-order valence-electron chi connectivity index (χ2n) is 7.90. The molecular formula is C23H28N4O3. The maximum Gasteiger partial charge on any atom is 0.347 e. The first-order chi connectivity index (χ1) is 14.5. The van der Waals surface area contributed by atoms with Crippen molar-refractivity contribution in [1.82, 2.24) is 14.9 Å². The largest absolute Gasteiger partial charge is 0.497 e. The maximum atomic E-state index is 12.9. The SMILES string of the molecule is CCc1cc(OC)cc2nc(-c3cccnc3N3CCC(N(C)C)CC3)oc(=O)c12. The molecule has 0 aliphatic carbocycles. The number of anilines is 1. The van der Waals surface area contributed by atoms with Gasteiger partial charge in [0.1, 0.15) is 11.6 Å². The van der Waals surface area contributed by atoms with Crippen LogP contribution in [0, 0.1) is 0 Å². The zero-order valence-corrected chi connectivity index (χ0v) is 18.0. The van der Waals surface area contributed by atoms with E-state index in [1.807, 2.05) is 25.1 Å². The van der Waals surface area contributed by atoms with E-state index in [-0.39, 0.29) is 5.63 Å². The molecular weight excluding hydrogens is 380 g/mol. The highest BCUT2D eigenvalue weighted by atomic mass is 16.5. The number of pyridine rings is 1. The summed E-state index contributed by atoms with van der Waals surface area (Å²) in [6, 6.07) is 7.99. The van der Waals surface area contributed by atoms with Gasteiger partial charge in [0.2, 0.25) is 5.89 Å². The van der Waals surface area contributed by atoms with Crippen molar-refractivity contribution in [3.05, 3.63) is 46.4 Å². The minimum absolute atomic E-state index is 0.292. The van der Waals surface area contributed by atoms with Crippen molar-refractivity contribution in [3.8, 4) is 17.2 Å². The highest BCUT2D eigenvalue weighted by Crippen LogP contribution is 2.31. The van der Waals surface area contributed by atoms with Crippen LogP contribution in [0.5, 0.6) is 5.75 Å². The Morgan fingerprint density at radius 2 is 2.03 bits per heavy atom. The number of fused-ring (bicyclic) bond motifs is 1. The second-order valence-corrected chi connectivity index (χ2v) is 7.90. The molecule has 158 valence electrons. The van der Waals surface area contributed by atoms with E-state index in [1.165, 1.54) is 0 Å². The van der Waals surface area contributed by atoms with Gasteiger partial charge in [-0.05, 0) is 57.1 Å². The van der Waals surface area contributed by atoms with Crippen molar-refractivity contribution in [3.63, 3.8) is 0 Å². The van der Waals surface area contributed by atoms with E-state index in [2.05, 4.69) is 28.9 Å². The van der Waals surface area contributed by atoms with Crippen LogP contribution in [0.15, 0.2) is 39.7 Å². The first-order valence-electron chi connectivity index (χ1n) is 10.4. The summed E-state index contributed by atoms with van der Waals surface area (Å²) < 4.78 is 11.1. The molecule has 1 aromatic carbocycles. The normalized spacial score (nSPS) is 15.2. The Labute approximate surface area is 176 Å². The highest BCUT2D eigenvalue weighted by Gasteiger charge is 2.25. The summed E-state index contributed by atoms with van der Waals surface area (Å²) in [5, 5.41) is 0.513. The molecule has 0 spiro atoms. The van der Waals surface area contributed by atoms with Crippen molar-refractivity contribution in [2.75, 3.05) is 39.2 Å². The third-order valence-corrected chi connectivity index (χ3v) is 5.92. The minimum Gasteiger partial charge on any atom is -0.497 e. The summed E-state index contributed by atoms with van der Waals surface area (Å²) >= 11 is 0. The zero-order valence-electron chi connectivity index (χ0n) is 18.0. The lowest BCUT2D eigenvalue weighted by Gasteiger charge is -2.36. The third-order valence-electron chi connectivity index (χ3n) is 5.92. The molecule has 0 radical (unpaired) electrons. The Bertz CT molecular complexity index is 1100. The van der Waals surface area contributed by atoms with Crippen LogP contribution in [0.25, 0.3) is 22.4 Å². The van der Waals surface area contributed by atoms with Gasteiger partial charge >= 0.3 is 5.63 Å². The number of methoxy groups -OCH3 is 1. The molecule has 0 atom stereocenters. The summed E-state index contributed by atoms with van der Waals surface area (Å²) in [5.74, 6) is 1.78. The number of ether oxygens (including phenoxy) is 1. The van der Waals surface area contributed by atoms with E-state index in [0.29, 0.717) is 35.0 Å². The van der Waals surface area contributed by atoms with Crippen LogP contribution in [0.4, 0.5) is 5.82 Å².